The summed E-state index contributed by atoms with van der Waals surface area (Å²) in [5, 5.41) is 0.669. The normalized spacial score (nSPS) is 16.1. The summed E-state index contributed by atoms with van der Waals surface area (Å²) in [4.78, 5) is 16.4. The number of hydrogen-bond donors (Lipinski definition) is 0. The van der Waals surface area contributed by atoms with Crippen LogP contribution in [0.5, 0.6) is 0 Å². The summed E-state index contributed by atoms with van der Waals surface area (Å²) in [6.07, 6.45) is 1.79. The van der Waals surface area contributed by atoms with Crippen LogP contribution >= 0.6 is 35.1 Å². The Balaban J connectivity index is 1.70. The molecule has 0 radical (unpaired) electrons. The molecule has 1 heterocycles. The van der Waals surface area contributed by atoms with Gasteiger partial charge in [0.1, 0.15) is 10.1 Å². The molecule has 110 valence electrons. The molecule has 0 atom stereocenters. The van der Waals surface area contributed by atoms with Gasteiger partial charge in [0.05, 0.1) is 0 Å². The summed E-state index contributed by atoms with van der Waals surface area (Å²) in [7, 11) is 0. The lowest BCUT2D eigenvalue weighted by atomic mass is 10.2. The third kappa shape index (κ3) is 4.03. The second kappa shape index (κ2) is 7.18. The molecule has 0 unspecified atom stereocenters. The first-order valence-electron chi connectivity index (χ1n) is 6.65. The predicted octanol–water partition coefficient (Wildman–Crippen LogP) is 5.24. The Morgan fingerprint density at radius 1 is 1.09 bits per heavy atom. The van der Waals surface area contributed by atoms with E-state index in [1.54, 1.807) is 30.0 Å². The summed E-state index contributed by atoms with van der Waals surface area (Å²) in [5.74, 6) is 0.814. The average Bonchev–Trinajstić information content (AvgIpc) is 2.89. The van der Waals surface area contributed by atoms with Crippen molar-refractivity contribution in [3.63, 3.8) is 0 Å². The van der Waals surface area contributed by atoms with Gasteiger partial charge >= 0.3 is 0 Å². The van der Waals surface area contributed by atoms with E-state index in [9.17, 15) is 4.79 Å². The third-order valence-corrected chi connectivity index (χ3v) is 5.31. The molecule has 2 aromatic carbocycles. The van der Waals surface area contributed by atoms with E-state index in [0.717, 1.165) is 15.7 Å². The van der Waals surface area contributed by atoms with Crippen LogP contribution in [0.3, 0.4) is 0 Å². The number of carbonyl (C=O) groups excluding carboxylic acids is 1. The zero-order chi connectivity index (χ0) is 15.4. The number of aliphatic imine (C=N–C) groups is 1. The molecule has 1 aliphatic rings. The molecular formula is C17H12ClNOS2. The molecule has 2 aromatic rings. The monoisotopic (exact) mass is 345 g/mol. The van der Waals surface area contributed by atoms with Crippen molar-refractivity contribution in [3.05, 3.63) is 76.4 Å². The molecule has 0 spiro atoms. The van der Waals surface area contributed by atoms with Crippen LogP contribution in [0, 0.1) is 0 Å². The maximum atomic E-state index is 12.0. The molecule has 0 bridgehead atoms. The Bertz CT molecular complexity index is 739. The predicted molar refractivity (Wildman–Crippen MR) is 97.2 cm³/mol. The maximum absolute atomic E-state index is 12.0. The fourth-order valence-corrected chi connectivity index (χ4v) is 3.81. The highest BCUT2D eigenvalue weighted by Crippen LogP contribution is 2.32. The van der Waals surface area contributed by atoms with E-state index in [1.807, 2.05) is 30.3 Å². The summed E-state index contributed by atoms with van der Waals surface area (Å²) >= 11 is 8.64. The van der Waals surface area contributed by atoms with Crippen LogP contribution in [0.2, 0.25) is 5.02 Å². The van der Waals surface area contributed by atoms with Crippen molar-refractivity contribution < 1.29 is 4.79 Å². The van der Waals surface area contributed by atoms with E-state index in [0.29, 0.717) is 10.7 Å². The van der Waals surface area contributed by atoms with Gasteiger partial charge in [-0.25, -0.2) is 4.99 Å². The van der Waals surface area contributed by atoms with Gasteiger partial charge in [-0.2, -0.15) is 0 Å². The van der Waals surface area contributed by atoms with Crippen LogP contribution in [0.15, 0.2) is 65.3 Å². The third-order valence-electron chi connectivity index (χ3n) is 2.98. The van der Waals surface area contributed by atoms with E-state index >= 15 is 0 Å². The fraction of sp³-hybridized carbons (Fsp3) is 0.0588. The Hall–Kier alpha value is -1.49. The first-order valence-corrected chi connectivity index (χ1v) is 8.83. The first-order chi connectivity index (χ1) is 10.7. The van der Waals surface area contributed by atoms with E-state index in [2.05, 4.69) is 17.1 Å². The molecule has 0 saturated carbocycles. The molecule has 1 aliphatic heterocycles. The van der Waals surface area contributed by atoms with Gasteiger partial charge in [-0.15, -0.1) is 0 Å². The van der Waals surface area contributed by atoms with Crippen LogP contribution in [0.25, 0.3) is 6.08 Å². The second-order valence-corrected chi connectivity index (χ2v) is 7.24. The molecule has 0 aromatic heterocycles. The highest BCUT2D eigenvalue weighted by atomic mass is 35.5. The second-order valence-electron chi connectivity index (χ2n) is 4.62. The van der Waals surface area contributed by atoms with E-state index in [-0.39, 0.29) is 5.12 Å². The standard InChI is InChI=1S/C17H12ClNOS2/c18-14-8-6-12(7-9-14)10-15-16(20)22-17(19-15)21-11-13-4-2-1-3-5-13/h1-10H,11H2/b15-10+. The Morgan fingerprint density at radius 2 is 1.82 bits per heavy atom. The highest BCUT2D eigenvalue weighted by Gasteiger charge is 2.22. The number of benzene rings is 2. The van der Waals surface area contributed by atoms with Gasteiger partial charge < -0.3 is 0 Å². The van der Waals surface area contributed by atoms with Crippen molar-refractivity contribution >= 4 is 50.7 Å². The minimum absolute atomic E-state index is 0.00879. The number of nitrogens with zero attached hydrogens (tertiary/aromatic N) is 1. The summed E-state index contributed by atoms with van der Waals surface area (Å²) in [5.41, 5.74) is 2.63. The quantitative estimate of drug-likeness (QED) is 0.712. The minimum Gasteiger partial charge on any atom is -0.279 e. The van der Waals surface area contributed by atoms with Gasteiger partial charge in [0.2, 0.25) is 5.12 Å². The maximum Gasteiger partial charge on any atom is 0.244 e. The number of thioether (sulfide) groups is 2. The SMILES string of the molecule is O=C1SC(SCc2ccccc2)=N/C1=C/c1ccc(Cl)cc1. The van der Waals surface area contributed by atoms with Crippen LogP contribution in [0.4, 0.5) is 0 Å². The van der Waals surface area contributed by atoms with Crippen LogP contribution < -0.4 is 0 Å². The van der Waals surface area contributed by atoms with Gasteiger partial charge in [-0.3, -0.25) is 4.79 Å². The Labute approximate surface area is 142 Å². The van der Waals surface area contributed by atoms with Crippen molar-refractivity contribution in [1.29, 1.82) is 0 Å². The molecular weight excluding hydrogens is 334 g/mol. The zero-order valence-electron chi connectivity index (χ0n) is 11.5. The van der Waals surface area contributed by atoms with Gasteiger partial charge in [-0.1, -0.05) is 65.8 Å². The van der Waals surface area contributed by atoms with Crippen molar-refractivity contribution in [2.75, 3.05) is 0 Å². The van der Waals surface area contributed by atoms with Crippen molar-refractivity contribution in [2.24, 2.45) is 4.99 Å². The van der Waals surface area contributed by atoms with Crippen molar-refractivity contribution in [3.8, 4) is 0 Å². The lowest BCUT2D eigenvalue weighted by Crippen LogP contribution is -1.88. The summed E-state index contributed by atoms with van der Waals surface area (Å²) < 4.78 is 0.800. The number of halogens is 1. The van der Waals surface area contributed by atoms with Crippen molar-refractivity contribution in [1.82, 2.24) is 0 Å². The Morgan fingerprint density at radius 3 is 2.55 bits per heavy atom. The smallest absolute Gasteiger partial charge is 0.244 e. The van der Waals surface area contributed by atoms with E-state index < -0.39 is 0 Å². The van der Waals surface area contributed by atoms with E-state index in [1.165, 1.54) is 17.3 Å². The van der Waals surface area contributed by atoms with Crippen molar-refractivity contribution in [2.45, 2.75) is 5.75 Å². The molecule has 0 N–H and O–H groups in total. The first kappa shape index (κ1) is 15.4. The largest absolute Gasteiger partial charge is 0.279 e. The zero-order valence-corrected chi connectivity index (χ0v) is 13.9. The molecule has 0 fully saturated rings. The lowest BCUT2D eigenvalue weighted by molar-refractivity contribution is -0.107. The molecule has 22 heavy (non-hydrogen) atoms. The lowest BCUT2D eigenvalue weighted by Gasteiger charge is -1.98. The number of carbonyl (C=O) groups is 1. The average molecular weight is 346 g/mol. The molecule has 0 saturated heterocycles. The topological polar surface area (TPSA) is 29.4 Å². The van der Waals surface area contributed by atoms with Crippen LogP contribution in [-0.4, -0.2) is 9.49 Å². The molecule has 0 aliphatic carbocycles. The summed E-state index contributed by atoms with van der Waals surface area (Å²) in [6.45, 7) is 0. The van der Waals surface area contributed by atoms with Gasteiger partial charge in [-0.05, 0) is 41.1 Å². The minimum atomic E-state index is -0.00879. The molecule has 2 nitrogen and oxygen atoms in total. The molecule has 0 amide bonds. The van der Waals surface area contributed by atoms with Gasteiger partial charge in [0.25, 0.3) is 0 Å². The highest BCUT2D eigenvalue weighted by molar-refractivity contribution is 8.45. The number of rotatable bonds is 3. The van der Waals surface area contributed by atoms with Crippen LogP contribution in [-0.2, 0) is 10.5 Å². The van der Waals surface area contributed by atoms with Crippen LogP contribution in [0.1, 0.15) is 11.1 Å². The number of hydrogen-bond acceptors (Lipinski definition) is 4. The fourth-order valence-electron chi connectivity index (χ4n) is 1.89. The Kier molecular flexibility index (Phi) is 5.03. The molecule has 3 rings (SSSR count). The van der Waals surface area contributed by atoms with Gasteiger partial charge in [0, 0.05) is 10.8 Å². The van der Waals surface area contributed by atoms with Gasteiger partial charge in [0.15, 0.2) is 0 Å². The van der Waals surface area contributed by atoms with E-state index in [4.69, 9.17) is 11.6 Å². The molecule has 5 heteroatoms. The summed E-state index contributed by atoms with van der Waals surface area (Å²) in [6, 6.07) is 17.5.